The van der Waals surface area contributed by atoms with Crippen LogP contribution < -0.4 is 11.1 Å². The molecule has 0 saturated carbocycles. The van der Waals surface area contributed by atoms with E-state index >= 15 is 0 Å². The van der Waals surface area contributed by atoms with Crippen LogP contribution in [0.3, 0.4) is 0 Å². The van der Waals surface area contributed by atoms with Crippen molar-refractivity contribution in [3.05, 3.63) is 71.3 Å². The molecule has 0 amide bonds. The number of nitrogens with two attached hydrogens (primary N) is 1. The van der Waals surface area contributed by atoms with Crippen molar-refractivity contribution in [2.75, 3.05) is 11.1 Å². The van der Waals surface area contributed by atoms with E-state index in [1.165, 1.54) is 6.33 Å². The van der Waals surface area contributed by atoms with E-state index in [0.717, 1.165) is 27.7 Å². The summed E-state index contributed by atoms with van der Waals surface area (Å²) in [7, 11) is 0. The molecule has 0 saturated heterocycles. The van der Waals surface area contributed by atoms with Crippen molar-refractivity contribution in [1.82, 2.24) is 19.9 Å². The van der Waals surface area contributed by atoms with E-state index < -0.39 is 0 Å². The van der Waals surface area contributed by atoms with E-state index in [1.807, 2.05) is 49.4 Å². The summed E-state index contributed by atoms with van der Waals surface area (Å²) in [5, 5.41) is 14.2. The average molecular weight is 402 g/mol. The second kappa shape index (κ2) is 7.70. The van der Waals surface area contributed by atoms with Crippen molar-refractivity contribution in [3.8, 4) is 17.3 Å². The number of rotatable bonds is 4. The smallest absolute Gasteiger partial charge is 0.150 e. The Hall–Kier alpha value is -3.76. The van der Waals surface area contributed by atoms with E-state index in [4.69, 9.17) is 17.3 Å². The zero-order chi connectivity index (χ0) is 20.4. The van der Waals surface area contributed by atoms with Gasteiger partial charge in [-0.05, 0) is 37.3 Å². The number of hydrogen-bond acceptors (Lipinski definition) is 7. The minimum absolute atomic E-state index is 0.130. The van der Waals surface area contributed by atoms with Crippen LogP contribution in [0.25, 0.3) is 22.2 Å². The number of pyridine rings is 2. The fraction of sp³-hybridized carbons (Fsp3) is 0.0952. The quantitative estimate of drug-likeness (QED) is 0.522. The maximum atomic E-state index is 9.40. The number of nitrogens with one attached hydrogen (secondary N) is 1. The van der Waals surface area contributed by atoms with Gasteiger partial charge >= 0.3 is 0 Å². The number of nitrogens with zero attached hydrogens (tertiary/aromatic N) is 5. The number of anilines is 2. The molecular formula is C21H16ClN7. The molecule has 0 bridgehead atoms. The molecule has 1 aromatic carbocycles. The van der Waals surface area contributed by atoms with Crippen molar-refractivity contribution < 1.29 is 0 Å². The minimum atomic E-state index is -0.246. The van der Waals surface area contributed by atoms with Crippen LogP contribution in [-0.4, -0.2) is 19.9 Å². The van der Waals surface area contributed by atoms with Crippen LogP contribution in [0, 0.1) is 11.3 Å². The lowest BCUT2D eigenvalue weighted by molar-refractivity contribution is 0.867. The van der Waals surface area contributed by atoms with Crippen LogP contribution in [0.1, 0.15) is 24.1 Å². The number of aromatic nitrogens is 4. The maximum absolute atomic E-state index is 9.40. The number of hydrogen-bond donors (Lipinski definition) is 2. The van der Waals surface area contributed by atoms with Gasteiger partial charge < -0.3 is 11.1 Å². The van der Waals surface area contributed by atoms with Gasteiger partial charge in [0, 0.05) is 33.9 Å². The molecule has 4 rings (SSSR count). The fourth-order valence-corrected chi connectivity index (χ4v) is 3.38. The zero-order valence-electron chi connectivity index (χ0n) is 15.5. The predicted octanol–water partition coefficient (Wildman–Crippen LogP) is 4.37. The molecule has 142 valence electrons. The molecule has 0 fully saturated rings. The minimum Gasteiger partial charge on any atom is -0.382 e. The summed E-state index contributed by atoms with van der Waals surface area (Å²) in [6, 6.07) is 13.1. The molecule has 4 aromatic rings. The van der Waals surface area contributed by atoms with E-state index in [9.17, 15) is 5.26 Å². The lowest BCUT2D eigenvalue weighted by Crippen LogP contribution is -2.13. The van der Waals surface area contributed by atoms with E-state index in [-0.39, 0.29) is 17.4 Å². The van der Waals surface area contributed by atoms with Crippen LogP contribution in [0.5, 0.6) is 0 Å². The Morgan fingerprint density at radius 3 is 2.76 bits per heavy atom. The van der Waals surface area contributed by atoms with Crippen LogP contribution in [0.4, 0.5) is 11.6 Å². The molecule has 0 radical (unpaired) electrons. The van der Waals surface area contributed by atoms with Crippen LogP contribution in [0.15, 0.2) is 55.1 Å². The molecule has 0 aliphatic carbocycles. The average Bonchev–Trinajstić information content (AvgIpc) is 2.73. The normalized spacial score (nSPS) is 11.8. The number of benzene rings is 1. The molecule has 3 aromatic heterocycles. The highest BCUT2D eigenvalue weighted by atomic mass is 35.5. The van der Waals surface area contributed by atoms with Gasteiger partial charge in [0.15, 0.2) is 0 Å². The third-order valence-electron chi connectivity index (χ3n) is 4.59. The maximum Gasteiger partial charge on any atom is 0.150 e. The fourth-order valence-electron chi connectivity index (χ4n) is 3.21. The topological polar surface area (TPSA) is 113 Å². The van der Waals surface area contributed by atoms with E-state index in [1.54, 1.807) is 12.4 Å². The highest BCUT2D eigenvalue weighted by Gasteiger charge is 2.19. The Morgan fingerprint density at radius 1 is 1.14 bits per heavy atom. The summed E-state index contributed by atoms with van der Waals surface area (Å²) in [6.07, 6.45) is 4.87. The van der Waals surface area contributed by atoms with Crippen molar-refractivity contribution in [2.24, 2.45) is 0 Å². The standard InChI is InChI=1S/C21H16ClN7/c1-12(29-21-15(9-23)20(24)27-11-28-21)16-10-26-17-6-5-13(22)8-14(17)19(16)18-4-2-3-7-25-18/h2-8,10-12H,1H3,(H3,24,27,28,29)/t12-/m0/s1. The van der Waals surface area contributed by atoms with Gasteiger partial charge in [0.1, 0.15) is 29.6 Å². The summed E-state index contributed by atoms with van der Waals surface area (Å²) in [4.78, 5) is 17.2. The zero-order valence-corrected chi connectivity index (χ0v) is 16.2. The Balaban J connectivity index is 1.88. The monoisotopic (exact) mass is 401 g/mol. The van der Waals surface area contributed by atoms with Gasteiger partial charge in [0.2, 0.25) is 0 Å². The lowest BCUT2D eigenvalue weighted by Gasteiger charge is -2.20. The summed E-state index contributed by atoms with van der Waals surface area (Å²) < 4.78 is 0. The van der Waals surface area contributed by atoms with Crippen LogP contribution in [-0.2, 0) is 0 Å². The Kier molecular flexibility index (Phi) is 4.94. The number of nitrogen functional groups attached to an aromatic ring is 1. The highest BCUT2D eigenvalue weighted by molar-refractivity contribution is 6.31. The number of fused-ring (bicyclic) bond motifs is 1. The highest BCUT2D eigenvalue weighted by Crippen LogP contribution is 2.35. The molecule has 8 heteroatoms. The first-order valence-electron chi connectivity index (χ1n) is 8.85. The predicted molar refractivity (Wildman–Crippen MR) is 113 cm³/mol. The van der Waals surface area contributed by atoms with Crippen LogP contribution >= 0.6 is 11.6 Å². The first kappa shape index (κ1) is 18.6. The van der Waals surface area contributed by atoms with Crippen LogP contribution in [0.2, 0.25) is 5.02 Å². The third kappa shape index (κ3) is 3.53. The van der Waals surface area contributed by atoms with E-state index in [2.05, 4.69) is 25.3 Å². The molecule has 29 heavy (non-hydrogen) atoms. The third-order valence-corrected chi connectivity index (χ3v) is 4.82. The molecule has 3 N–H and O–H groups in total. The summed E-state index contributed by atoms with van der Waals surface area (Å²) in [6.45, 7) is 1.96. The first-order valence-corrected chi connectivity index (χ1v) is 9.23. The summed E-state index contributed by atoms with van der Waals surface area (Å²) >= 11 is 6.27. The molecular weight excluding hydrogens is 386 g/mol. The van der Waals surface area contributed by atoms with Gasteiger partial charge in [0.05, 0.1) is 17.3 Å². The number of nitriles is 1. The Bertz CT molecular complexity index is 1240. The van der Waals surface area contributed by atoms with Gasteiger partial charge in [-0.3, -0.25) is 9.97 Å². The van der Waals surface area contributed by atoms with Crippen molar-refractivity contribution in [3.63, 3.8) is 0 Å². The first-order chi connectivity index (χ1) is 14.1. The largest absolute Gasteiger partial charge is 0.382 e. The molecule has 0 unspecified atom stereocenters. The lowest BCUT2D eigenvalue weighted by atomic mass is 9.96. The van der Waals surface area contributed by atoms with E-state index in [0.29, 0.717) is 10.8 Å². The second-order valence-corrected chi connectivity index (χ2v) is 6.86. The number of halogens is 1. The molecule has 3 heterocycles. The molecule has 0 aliphatic heterocycles. The Morgan fingerprint density at radius 2 is 2.00 bits per heavy atom. The van der Waals surface area contributed by atoms with Crippen molar-refractivity contribution in [1.29, 1.82) is 5.26 Å². The van der Waals surface area contributed by atoms with Gasteiger partial charge in [-0.2, -0.15) is 5.26 Å². The van der Waals surface area contributed by atoms with Crippen molar-refractivity contribution in [2.45, 2.75) is 13.0 Å². The Labute approximate surface area is 172 Å². The molecule has 1 atom stereocenters. The van der Waals surface area contributed by atoms with Gasteiger partial charge in [-0.1, -0.05) is 17.7 Å². The van der Waals surface area contributed by atoms with Crippen molar-refractivity contribution >= 4 is 34.1 Å². The van der Waals surface area contributed by atoms with Gasteiger partial charge in [-0.15, -0.1) is 0 Å². The molecule has 0 aliphatic rings. The summed E-state index contributed by atoms with van der Waals surface area (Å²) in [5.74, 6) is 0.497. The van der Waals surface area contributed by atoms with Gasteiger partial charge in [-0.25, -0.2) is 9.97 Å². The molecule has 0 spiro atoms. The summed E-state index contributed by atoms with van der Waals surface area (Å²) in [5.41, 5.74) is 9.43. The molecule has 7 nitrogen and oxygen atoms in total. The second-order valence-electron chi connectivity index (χ2n) is 6.43. The SMILES string of the molecule is C[C@H](Nc1ncnc(N)c1C#N)c1cnc2ccc(Cl)cc2c1-c1ccccn1. The van der Waals surface area contributed by atoms with Gasteiger partial charge in [0.25, 0.3) is 0 Å².